The first kappa shape index (κ1) is 11.4. The summed E-state index contributed by atoms with van der Waals surface area (Å²) >= 11 is 0. The molecule has 2 rings (SSSR count). The van der Waals surface area contributed by atoms with Crippen LogP contribution in [-0.2, 0) is 4.74 Å². The van der Waals surface area contributed by atoms with E-state index < -0.39 is 5.60 Å². The number of ether oxygens (including phenoxy) is 1. The molecule has 1 saturated heterocycles. The molecule has 2 aliphatic rings. The minimum absolute atomic E-state index is 0.0653. The van der Waals surface area contributed by atoms with E-state index in [1.54, 1.807) is 0 Å². The van der Waals surface area contributed by atoms with E-state index in [1.807, 2.05) is 0 Å². The molecule has 3 unspecified atom stereocenters. The lowest BCUT2D eigenvalue weighted by Crippen LogP contribution is -2.52. The molecule has 15 heavy (non-hydrogen) atoms. The van der Waals surface area contributed by atoms with Crippen molar-refractivity contribution in [3.63, 3.8) is 0 Å². The highest BCUT2D eigenvalue weighted by atomic mass is 16.5. The lowest BCUT2D eigenvalue weighted by atomic mass is 9.69. The minimum atomic E-state index is -0.647. The van der Waals surface area contributed by atoms with Crippen molar-refractivity contribution in [3.8, 4) is 0 Å². The summed E-state index contributed by atoms with van der Waals surface area (Å²) in [6, 6.07) is 0. The molecule has 2 fully saturated rings. The van der Waals surface area contributed by atoms with E-state index in [4.69, 9.17) is 10.5 Å². The number of hydrogen-bond donors (Lipinski definition) is 2. The van der Waals surface area contributed by atoms with Gasteiger partial charge in [0.2, 0.25) is 0 Å². The maximum absolute atomic E-state index is 10.6. The molecule has 0 bridgehead atoms. The fourth-order valence-electron chi connectivity index (χ4n) is 3.36. The van der Waals surface area contributed by atoms with Gasteiger partial charge < -0.3 is 15.6 Å². The highest BCUT2D eigenvalue weighted by Crippen LogP contribution is 2.51. The van der Waals surface area contributed by atoms with Crippen LogP contribution in [-0.4, -0.2) is 30.5 Å². The van der Waals surface area contributed by atoms with Gasteiger partial charge in [0.15, 0.2) is 0 Å². The van der Waals surface area contributed by atoms with Crippen molar-refractivity contribution >= 4 is 0 Å². The fraction of sp³-hybridized carbons (Fsp3) is 1.00. The third-order valence-corrected chi connectivity index (χ3v) is 4.67. The Bertz CT molecular complexity index is 226. The largest absolute Gasteiger partial charge is 0.387 e. The molecule has 0 radical (unpaired) electrons. The van der Waals surface area contributed by atoms with Crippen molar-refractivity contribution in [2.75, 3.05) is 19.8 Å². The second-order valence-corrected chi connectivity index (χ2v) is 5.34. The van der Waals surface area contributed by atoms with Crippen LogP contribution in [0.2, 0.25) is 0 Å². The van der Waals surface area contributed by atoms with Gasteiger partial charge in [-0.15, -0.1) is 0 Å². The Morgan fingerprint density at radius 3 is 2.73 bits per heavy atom. The molecule has 0 aromatic heterocycles. The molecule has 3 atom stereocenters. The monoisotopic (exact) mass is 213 g/mol. The molecule has 0 amide bonds. The Balaban J connectivity index is 2.15. The van der Waals surface area contributed by atoms with E-state index >= 15 is 0 Å². The van der Waals surface area contributed by atoms with Crippen LogP contribution >= 0.6 is 0 Å². The summed E-state index contributed by atoms with van der Waals surface area (Å²) in [5.74, 6) is 0.748. The molecular formula is C12H23NO2. The standard InChI is InChI=1S/C12H23NO2/c1-2-10-3-4-11(7-10,8-13)12(14)5-6-15-9-12/h10,14H,2-9,13H2,1H3. The second kappa shape index (κ2) is 4.04. The summed E-state index contributed by atoms with van der Waals surface area (Å²) in [6.45, 7) is 4.01. The predicted octanol–water partition coefficient (Wildman–Crippen LogP) is 1.29. The Morgan fingerprint density at radius 2 is 2.27 bits per heavy atom. The van der Waals surface area contributed by atoms with Crippen LogP contribution < -0.4 is 5.73 Å². The summed E-state index contributed by atoms with van der Waals surface area (Å²) in [4.78, 5) is 0. The van der Waals surface area contributed by atoms with Crippen LogP contribution in [0, 0.1) is 11.3 Å². The lowest BCUT2D eigenvalue weighted by Gasteiger charge is -2.41. The molecule has 0 aromatic carbocycles. The van der Waals surface area contributed by atoms with E-state index in [1.165, 1.54) is 12.8 Å². The van der Waals surface area contributed by atoms with Gasteiger partial charge >= 0.3 is 0 Å². The van der Waals surface area contributed by atoms with Crippen molar-refractivity contribution in [2.24, 2.45) is 17.1 Å². The molecular weight excluding hydrogens is 190 g/mol. The normalized spacial score (nSPS) is 46.2. The van der Waals surface area contributed by atoms with Crippen LogP contribution in [0.25, 0.3) is 0 Å². The average Bonchev–Trinajstić information content (AvgIpc) is 2.85. The fourth-order valence-corrected chi connectivity index (χ4v) is 3.36. The van der Waals surface area contributed by atoms with Crippen molar-refractivity contribution in [1.29, 1.82) is 0 Å². The summed E-state index contributed by atoms with van der Waals surface area (Å²) in [6.07, 6.45) is 5.34. The van der Waals surface area contributed by atoms with Crippen LogP contribution in [0.15, 0.2) is 0 Å². The van der Waals surface area contributed by atoms with Gasteiger partial charge in [-0.2, -0.15) is 0 Å². The Hall–Kier alpha value is -0.120. The second-order valence-electron chi connectivity index (χ2n) is 5.34. The molecule has 3 nitrogen and oxygen atoms in total. The molecule has 0 spiro atoms. The van der Waals surface area contributed by atoms with E-state index in [9.17, 15) is 5.11 Å². The van der Waals surface area contributed by atoms with Crippen molar-refractivity contribution in [2.45, 2.75) is 44.6 Å². The van der Waals surface area contributed by atoms with E-state index in [2.05, 4.69) is 6.92 Å². The molecule has 1 aliphatic carbocycles. The summed E-state index contributed by atoms with van der Waals surface area (Å²) < 4.78 is 5.36. The highest BCUT2D eigenvalue weighted by molar-refractivity contribution is 5.05. The van der Waals surface area contributed by atoms with Crippen molar-refractivity contribution in [3.05, 3.63) is 0 Å². The molecule has 1 aliphatic heterocycles. The summed E-state index contributed by atoms with van der Waals surface area (Å²) in [5, 5.41) is 10.6. The first-order chi connectivity index (χ1) is 7.16. The van der Waals surface area contributed by atoms with Crippen LogP contribution in [0.3, 0.4) is 0 Å². The van der Waals surface area contributed by atoms with E-state index in [-0.39, 0.29) is 5.41 Å². The first-order valence-corrected chi connectivity index (χ1v) is 6.16. The lowest BCUT2D eigenvalue weighted by molar-refractivity contribution is -0.0818. The maximum atomic E-state index is 10.6. The van der Waals surface area contributed by atoms with Gasteiger partial charge in [0, 0.05) is 25.0 Å². The molecule has 1 saturated carbocycles. The third-order valence-electron chi connectivity index (χ3n) is 4.67. The van der Waals surface area contributed by atoms with Crippen molar-refractivity contribution in [1.82, 2.24) is 0 Å². The zero-order valence-corrected chi connectivity index (χ0v) is 9.67. The smallest absolute Gasteiger partial charge is 0.0969 e. The van der Waals surface area contributed by atoms with Crippen molar-refractivity contribution < 1.29 is 9.84 Å². The molecule has 1 heterocycles. The average molecular weight is 213 g/mol. The van der Waals surface area contributed by atoms with Gasteiger partial charge in [0.05, 0.1) is 12.2 Å². The van der Waals surface area contributed by atoms with Gasteiger partial charge in [0.1, 0.15) is 0 Å². The molecule has 3 N–H and O–H groups in total. The Kier molecular flexibility index (Phi) is 3.06. The molecule has 88 valence electrons. The highest BCUT2D eigenvalue weighted by Gasteiger charge is 2.54. The van der Waals surface area contributed by atoms with Gasteiger partial charge in [-0.05, 0) is 25.2 Å². The maximum Gasteiger partial charge on any atom is 0.0969 e. The van der Waals surface area contributed by atoms with Gasteiger partial charge in [-0.25, -0.2) is 0 Å². The molecule has 3 heteroatoms. The Labute approximate surface area is 92.0 Å². The Morgan fingerprint density at radius 1 is 1.47 bits per heavy atom. The zero-order valence-electron chi connectivity index (χ0n) is 9.67. The van der Waals surface area contributed by atoms with Crippen LogP contribution in [0.4, 0.5) is 0 Å². The summed E-state index contributed by atoms with van der Waals surface area (Å²) in [7, 11) is 0. The summed E-state index contributed by atoms with van der Waals surface area (Å²) in [5.41, 5.74) is 5.22. The number of rotatable bonds is 3. The topological polar surface area (TPSA) is 55.5 Å². The van der Waals surface area contributed by atoms with Gasteiger partial charge in [0.25, 0.3) is 0 Å². The third kappa shape index (κ3) is 1.71. The van der Waals surface area contributed by atoms with E-state index in [0.717, 1.165) is 25.2 Å². The SMILES string of the molecule is CCC1CCC(CN)(C2(O)CCOC2)C1. The van der Waals surface area contributed by atoms with E-state index in [0.29, 0.717) is 19.8 Å². The number of aliphatic hydroxyl groups is 1. The number of nitrogens with two attached hydrogens (primary N) is 1. The zero-order chi connectivity index (χ0) is 10.9. The predicted molar refractivity (Wildman–Crippen MR) is 59.5 cm³/mol. The van der Waals surface area contributed by atoms with Gasteiger partial charge in [-0.3, -0.25) is 0 Å². The minimum Gasteiger partial charge on any atom is -0.387 e. The molecule has 0 aromatic rings. The van der Waals surface area contributed by atoms with Crippen LogP contribution in [0.1, 0.15) is 39.0 Å². The quantitative estimate of drug-likeness (QED) is 0.743. The van der Waals surface area contributed by atoms with Crippen LogP contribution in [0.5, 0.6) is 0 Å². The van der Waals surface area contributed by atoms with Gasteiger partial charge in [-0.1, -0.05) is 13.3 Å². The first-order valence-electron chi connectivity index (χ1n) is 6.16. The number of hydrogen-bond acceptors (Lipinski definition) is 3.